The normalized spacial score (nSPS) is 26.9. The Balaban J connectivity index is 1.10. The summed E-state index contributed by atoms with van der Waals surface area (Å²) in [5, 5.41) is 2.97. The van der Waals surface area contributed by atoms with Crippen molar-refractivity contribution in [3.63, 3.8) is 0 Å². The van der Waals surface area contributed by atoms with Gasteiger partial charge in [0.1, 0.15) is 23.1 Å². The van der Waals surface area contributed by atoms with Gasteiger partial charge >= 0.3 is 0 Å². The molecule has 0 aromatic heterocycles. The Kier molecular flexibility index (Phi) is 4.99. The van der Waals surface area contributed by atoms with Crippen LogP contribution in [0.3, 0.4) is 0 Å². The molecule has 1 unspecified atom stereocenters. The number of ketones is 2. The quantitative estimate of drug-likeness (QED) is 0.689. The first-order valence-electron chi connectivity index (χ1n) is 10.9. The Bertz CT molecular complexity index is 1160. The van der Waals surface area contributed by atoms with Crippen LogP contribution in [0.4, 0.5) is 8.78 Å². The molecule has 8 heteroatoms. The summed E-state index contributed by atoms with van der Waals surface area (Å²) in [7, 11) is 0. The molecule has 0 radical (unpaired) electrons. The number of amides is 1. The van der Waals surface area contributed by atoms with Gasteiger partial charge in [-0.15, -0.1) is 0 Å². The number of benzene rings is 2. The van der Waals surface area contributed by atoms with Crippen LogP contribution in [-0.4, -0.2) is 35.7 Å². The zero-order valence-corrected chi connectivity index (χ0v) is 18.1. The predicted molar refractivity (Wildman–Crippen MR) is 113 cm³/mol. The van der Waals surface area contributed by atoms with Gasteiger partial charge in [-0.1, -0.05) is 6.07 Å². The van der Waals surface area contributed by atoms with E-state index in [9.17, 15) is 23.2 Å². The van der Waals surface area contributed by atoms with Crippen LogP contribution >= 0.6 is 0 Å². The van der Waals surface area contributed by atoms with E-state index in [0.717, 1.165) is 6.07 Å². The molecule has 0 spiro atoms. The molecule has 4 aliphatic rings. The molecule has 1 heterocycles. The second-order valence-corrected chi connectivity index (χ2v) is 9.58. The molecule has 2 aromatic carbocycles. The van der Waals surface area contributed by atoms with Gasteiger partial charge in [0.25, 0.3) is 5.91 Å². The van der Waals surface area contributed by atoms with Crippen LogP contribution in [0.5, 0.6) is 11.5 Å². The number of hydrogen-bond donors (Lipinski definition) is 1. The maximum atomic E-state index is 13.6. The molecule has 2 bridgehead atoms. The summed E-state index contributed by atoms with van der Waals surface area (Å²) in [6.45, 7) is 1.43. The molecule has 3 aliphatic carbocycles. The van der Waals surface area contributed by atoms with Crippen molar-refractivity contribution in [1.29, 1.82) is 0 Å². The Morgan fingerprint density at radius 3 is 2.64 bits per heavy atom. The lowest BCUT2D eigenvalue weighted by Crippen LogP contribution is -2.75. The molecule has 2 aromatic rings. The van der Waals surface area contributed by atoms with Gasteiger partial charge in [-0.05, 0) is 61.4 Å². The average Bonchev–Trinajstić information content (AvgIpc) is 2.72. The lowest BCUT2D eigenvalue weighted by Gasteiger charge is -2.70. The standard InChI is InChI=1S/C25H23F2NO5/c1-14-2-4-16(7-18(14)27)32-10-23(31)28-25-11-24(12-25,13-25)9-20(30)22-8-19(29)17-6-15(26)3-5-21(17)33-22/h2-7,22H,8-13H2,1H3,(H,28,31). The van der Waals surface area contributed by atoms with E-state index in [-0.39, 0.29) is 59.2 Å². The molecule has 1 atom stereocenters. The van der Waals surface area contributed by atoms with Crippen LogP contribution in [0.2, 0.25) is 0 Å². The van der Waals surface area contributed by atoms with Crippen LogP contribution in [-0.2, 0) is 9.59 Å². The lowest BCUT2D eigenvalue weighted by molar-refractivity contribution is -0.175. The van der Waals surface area contributed by atoms with E-state index in [1.807, 2.05) is 0 Å². The highest BCUT2D eigenvalue weighted by Crippen LogP contribution is 2.69. The Hall–Kier alpha value is -3.29. The number of aryl methyl sites for hydroxylation is 1. The summed E-state index contributed by atoms with van der Waals surface area (Å²) < 4.78 is 38.0. The molecule has 3 saturated carbocycles. The fraction of sp³-hybridized carbons (Fsp3) is 0.400. The predicted octanol–water partition coefficient (Wildman–Crippen LogP) is 3.68. The number of ether oxygens (including phenoxy) is 2. The minimum absolute atomic E-state index is 0.0931. The summed E-state index contributed by atoms with van der Waals surface area (Å²) in [5.41, 5.74) is 0.163. The van der Waals surface area contributed by atoms with E-state index < -0.39 is 17.7 Å². The third kappa shape index (κ3) is 3.98. The fourth-order valence-electron chi connectivity index (χ4n) is 5.42. The first-order valence-corrected chi connectivity index (χ1v) is 10.9. The number of hydrogen-bond acceptors (Lipinski definition) is 5. The fourth-order valence-corrected chi connectivity index (χ4v) is 5.42. The van der Waals surface area contributed by atoms with Gasteiger partial charge in [-0.2, -0.15) is 0 Å². The molecule has 172 valence electrons. The van der Waals surface area contributed by atoms with Crippen molar-refractivity contribution in [2.45, 2.75) is 50.7 Å². The number of halogens is 2. The summed E-state index contributed by atoms with van der Waals surface area (Å²) in [4.78, 5) is 37.4. The van der Waals surface area contributed by atoms with E-state index in [0.29, 0.717) is 30.6 Å². The molecule has 33 heavy (non-hydrogen) atoms. The van der Waals surface area contributed by atoms with Crippen LogP contribution in [0, 0.1) is 24.0 Å². The van der Waals surface area contributed by atoms with Crippen molar-refractivity contribution in [2.75, 3.05) is 6.61 Å². The second-order valence-electron chi connectivity index (χ2n) is 9.58. The number of Topliss-reactive ketones (excluding diaryl/α,β-unsaturated/α-hetero) is 2. The molecular weight excluding hydrogens is 432 g/mol. The molecular formula is C25H23F2NO5. The lowest BCUT2D eigenvalue weighted by atomic mass is 9.38. The van der Waals surface area contributed by atoms with Crippen molar-refractivity contribution in [2.24, 2.45) is 5.41 Å². The number of carbonyl (C=O) groups excluding carboxylic acids is 3. The highest BCUT2D eigenvalue weighted by molar-refractivity contribution is 6.03. The summed E-state index contributed by atoms with van der Waals surface area (Å²) >= 11 is 0. The van der Waals surface area contributed by atoms with Crippen molar-refractivity contribution < 1.29 is 32.6 Å². The maximum Gasteiger partial charge on any atom is 0.258 e. The van der Waals surface area contributed by atoms with Gasteiger partial charge in [-0.25, -0.2) is 8.78 Å². The summed E-state index contributed by atoms with van der Waals surface area (Å²) in [5.74, 6) is -1.13. The number of fused-ring (bicyclic) bond motifs is 1. The molecule has 6 rings (SSSR count). The average molecular weight is 455 g/mol. The zero-order chi connectivity index (χ0) is 23.4. The number of nitrogens with one attached hydrogen (secondary N) is 1. The minimum Gasteiger partial charge on any atom is -0.484 e. The third-order valence-electron chi connectivity index (χ3n) is 6.85. The first-order chi connectivity index (χ1) is 15.7. The molecule has 0 saturated heterocycles. The van der Waals surface area contributed by atoms with Crippen LogP contribution < -0.4 is 14.8 Å². The summed E-state index contributed by atoms with van der Waals surface area (Å²) in [6.07, 6.45) is 1.36. The summed E-state index contributed by atoms with van der Waals surface area (Å²) in [6, 6.07) is 8.15. The minimum atomic E-state index is -0.863. The number of rotatable bonds is 7. The van der Waals surface area contributed by atoms with Gasteiger partial charge < -0.3 is 14.8 Å². The Morgan fingerprint density at radius 1 is 1.15 bits per heavy atom. The van der Waals surface area contributed by atoms with Crippen molar-refractivity contribution in [1.82, 2.24) is 5.32 Å². The van der Waals surface area contributed by atoms with E-state index >= 15 is 0 Å². The van der Waals surface area contributed by atoms with Gasteiger partial charge in [0.15, 0.2) is 24.3 Å². The Morgan fingerprint density at radius 2 is 1.91 bits per heavy atom. The van der Waals surface area contributed by atoms with Crippen LogP contribution in [0.25, 0.3) is 0 Å². The van der Waals surface area contributed by atoms with E-state index in [2.05, 4.69) is 5.32 Å². The van der Waals surface area contributed by atoms with E-state index in [4.69, 9.17) is 9.47 Å². The first kappa shape index (κ1) is 21.6. The maximum absolute atomic E-state index is 13.6. The second kappa shape index (κ2) is 7.64. The van der Waals surface area contributed by atoms with Gasteiger partial charge in [-0.3, -0.25) is 14.4 Å². The van der Waals surface area contributed by atoms with Crippen LogP contribution in [0.1, 0.15) is 48.0 Å². The monoisotopic (exact) mass is 455 g/mol. The SMILES string of the molecule is Cc1ccc(OCC(=O)NC23CC(CC(=O)C4CC(=O)c5cc(F)ccc5O4)(C2)C3)cc1F. The molecule has 6 nitrogen and oxygen atoms in total. The smallest absolute Gasteiger partial charge is 0.258 e. The van der Waals surface area contributed by atoms with Crippen molar-refractivity contribution >= 4 is 17.5 Å². The zero-order valence-electron chi connectivity index (χ0n) is 18.1. The van der Waals surface area contributed by atoms with Gasteiger partial charge in [0.05, 0.1) is 12.0 Å². The molecule has 3 fully saturated rings. The highest BCUT2D eigenvalue weighted by atomic mass is 19.1. The Labute approximate surface area is 189 Å². The van der Waals surface area contributed by atoms with Crippen molar-refractivity contribution in [3.8, 4) is 11.5 Å². The van der Waals surface area contributed by atoms with Crippen LogP contribution in [0.15, 0.2) is 36.4 Å². The van der Waals surface area contributed by atoms with E-state index in [1.165, 1.54) is 18.2 Å². The topological polar surface area (TPSA) is 81.7 Å². The van der Waals surface area contributed by atoms with Crippen molar-refractivity contribution in [3.05, 3.63) is 59.2 Å². The largest absolute Gasteiger partial charge is 0.484 e. The molecule has 1 N–H and O–H groups in total. The van der Waals surface area contributed by atoms with Gasteiger partial charge in [0.2, 0.25) is 0 Å². The third-order valence-corrected chi connectivity index (χ3v) is 6.85. The van der Waals surface area contributed by atoms with Gasteiger partial charge in [0, 0.05) is 18.0 Å². The number of carbonyl (C=O) groups is 3. The highest BCUT2D eigenvalue weighted by Gasteiger charge is 2.68. The van der Waals surface area contributed by atoms with E-state index in [1.54, 1.807) is 19.1 Å². The molecule has 1 amide bonds. The molecule has 1 aliphatic heterocycles.